The fourth-order valence-electron chi connectivity index (χ4n) is 2.38. The van der Waals surface area contributed by atoms with Crippen LogP contribution < -0.4 is 5.73 Å². The van der Waals surface area contributed by atoms with E-state index in [1.54, 1.807) is 7.11 Å². The Hall–Kier alpha value is -1.72. The maximum Gasteiger partial charge on any atom is 0.243 e. The molecule has 1 heterocycles. The van der Waals surface area contributed by atoms with Gasteiger partial charge in [0, 0.05) is 7.11 Å². The summed E-state index contributed by atoms with van der Waals surface area (Å²) in [4.78, 5) is 4.41. The zero-order chi connectivity index (χ0) is 13.9. The third-order valence-corrected chi connectivity index (χ3v) is 3.63. The summed E-state index contributed by atoms with van der Waals surface area (Å²) in [5, 5.41) is 4.02. The van der Waals surface area contributed by atoms with Crippen LogP contribution in [-0.2, 0) is 11.2 Å². The normalized spacial score (nSPS) is 17.9. The number of aromatic nitrogens is 2. The first-order chi connectivity index (χ1) is 9.78. The molecule has 1 aliphatic carbocycles. The van der Waals surface area contributed by atoms with Crippen molar-refractivity contribution in [1.29, 1.82) is 0 Å². The molecule has 1 aromatic heterocycles. The van der Waals surface area contributed by atoms with Crippen molar-refractivity contribution in [3.63, 3.8) is 0 Å². The van der Waals surface area contributed by atoms with Gasteiger partial charge in [-0.25, -0.2) is 0 Å². The van der Waals surface area contributed by atoms with Crippen molar-refractivity contribution in [2.75, 3.05) is 7.11 Å². The number of benzene rings is 1. The lowest BCUT2D eigenvalue weighted by Gasteiger charge is -2.09. The number of hydrogen-bond acceptors (Lipinski definition) is 5. The smallest absolute Gasteiger partial charge is 0.243 e. The molecule has 0 amide bonds. The zero-order valence-electron chi connectivity index (χ0n) is 11.5. The Morgan fingerprint density at radius 1 is 1.35 bits per heavy atom. The molecule has 0 radical (unpaired) electrons. The van der Waals surface area contributed by atoms with Gasteiger partial charge in [0.15, 0.2) is 0 Å². The van der Waals surface area contributed by atoms with E-state index >= 15 is 0 Å². The lowest BCUT2D eigenvalue weighted by atomic mass is 10.1. The van der Waals surface area contributed by atoms with Crippen LogP contribution in [-0.4, -0.2) is 17.3 Å². The SMILES string of the molecule is COC(c1noc([C@H](N)Cc2ccccc2)n1)C1CC1. The molecule has 3 rings (SSSR count). The van der Waals surface area contributed by atoms with Crippen molar-refractivity contribution >= 4 is 0 Å². The number of methoxy groups -OCH3 is 1. The standard InChI is InChI=1S/C15H19N3O2/c1-19-13(11-7-8-11)14-17-15(20-18-14)12(16)9-10-5-3-2-4-6-10/h2-6,11-13H,7-9,16H2,1H3/t12-,13?/m1/s1. The van der Waals surface area contributed by atoms with Crippen molar-refractivity contribution in [1.82, 2.24) is 10.1 Å². The van der Waals surface area contributed by atoms with Gasteiger partial charge in [0.25, 0.3) is 0 Å². The van der Waals surface area contributed by atoms with E-state index < -0.39 is 0 Å². The summed E-state index contributed by atoms with van der Waals surface area (Å²) < 4.78 is 10.7. The van der Waals surface area contributed by atoms with Gasteiger partial charge < -0.3 is 15.0 Å². The molecule has 5 heteroatoms. The van der Waals surface area contributed by atoms with E-state index in [0.29, 0.717) is 24.1 Å². The van der Waals surface area contributed by atoms with Crippen LogP contribution in [0.2, 0.25) is 0 Å². The number of hydrogen-bond donors (Lipinski definition) is 1. The minimum Gasteiger partial charge on any atom is -0.373 e. The molecule has 20 heavy (non-hydrogen) atoms. The lowest BCUT2D eigenvalue weighted by molar-refractivity contribution is 0.0751. The molecule has 2 aromatic rings. The van der Waals surface area contributed by atoms with Crippen molar-refractivity contribution in [2.24, 2.45) is 11.7 Å². The Kier molecular flexibility index (Phi) is 3.80. The van der Waals surface area contributed by atoms with Crippen molar-refractivity contribution in [3.8, 4) is 0 Å². The van der Waals surface area contributed by atoms with Crippen LogP contribution >= 0.6 is 0 Å². The quantitative estimate of drug-likeness (QED) is 0.874. The second-order valence-electron chi connectivity index (χ2n) is 5.28. The molecular formula is C15H19N3O2. The summed E-state index contributed by atoms with van der Waals surface area (Å²) >= 11 is 0. The largest absolute Gasteiger partial charge is 0.373 e. The fraction of sp³-hybridized carbons (Fsp3) is 0.467. The van der Waals surface area contributed by atoms with Gasteiger partial charge in [-0.3, -0.25) is 0 Å². The molecule has 1 saturated carbocycles. The molecule has 1 aromatic carbocycles. The van der Waals surface area contributed by atoms with E-state index in [-0.39, 0.29) is 12.1 Å². The van der Waals surface area contributed by atoms with Crippen LogP contribution in [0.5, 0.6) is 0 Å². The van der Waals surface area contributed by atoms with Crippen molar-refractivity contribution in [3.05, 3.63) is 47.6 Å². The van der Waals surface area contributed by atoms with Crippen LogP contribution in [0.3, 0.4) is 0 Å². The highest BCUT2D eigenvalue weighted by molar-refractivity contribution is 5.16. The molecule has 5 nitrogen and oxygen atoms in total. The van der Waals surface area contributed by atoms with Gasteiger partial charge in [-0.1, -0.05) is 35.5 Å². The molecule has 0 aliphatic heterocycles. The molecule has 106 valence electrons. The van der Waals surface area contributed by atoms with Crippen LogP contribution in [0.1, 0.15) is 42.3 Å². The molecule has 2 N–H and O–H groups in total. The fourth-order valence-corrected chi connectivity index (χ4v) is 2.38. The molecule has 0 spiro atoms. The van der Waals surface area contributed by atoms with Gasteiger partial charge in [0.1, 0.15) is 6.10 Å². The Morgan fingerprint density at radius 2 is 2.10 bits per heavy atom. The Bertz CT molecular complexity index is 551. The predicted octanol–water partition coefficient (Wildman–Crippen LogP) is 2.41. The van der Waals surface area contributed by atoms with Crippen LogP contribution in [0.4, 0.5) is 0 Å². The summed E-state index contributed by atoms with van der Waals surface area (Å²) in [6.45, 7) is 0. The maximum atomic E-state index is 6.14. The van der Waals surface area contributed by atoms with Gasteiger partial charge in [-0.15, -0.1) is 0 Å². The van der Waals surface area contributed by atoms with Crippen LogP contribution in [0.15, 0.2) is 34.9 Å². The summed E-state index contributed by atoms with van der Waals surface area (Å²) in [6.07, 6.45) is 2.96. The average Bonchev–Trinajstić information content (AvgIpc) is 3.17. The van der Waals surface area contributed by atoms with E-state index in [2.05, 4.69) is 10.1 Å². The van der Waals surface area contributed by atoms with Crippen LogP contribution in [0, 0.1) is 5.92 Å². The van der Waals surface area contributed by atoms with E-state index in [9.17, 15) is 0 Å². The first-order valence-electron chi connectivity index (χ1n) is 6.93. The summed E-state index contributed by atoms with van der Waals surface area (Å²) in [6, 6.07) is 9.78. The summed E-state index contributed by atoms with van der Waals surface area (Å²) in [5.41, 5.74) is 7.29. The highest BCUT2D eigenvalue weighted by Gasteiger charge is 2.36. The molecular weight excluding hydrogens is 254 g/mol. The lowest BCUT2D eigenvalue weighted by Crippen LogP contribution is -2.14. The number of rotatable bonds is 6. The van der Waals surface area contributed by atoms with Gasteiger partial charge in [0.05, 0.1) is 6.04 Å². The third kappa shape index (κ3) is 2.89. The van der Waals surface area contributed by atoms with Crippen molar-refractivity contribution < 1.29 is 9.26 Å². The van der Waals surface area contributed by atoms with E-state index in [1.165, 1.54) is 12.8 Å². The Morgan fingerprint density at radius 3 is 2.75 bits per heavy atom. The van der Waals surface area contributed by atoms with E-state index in [1.807, 2.05) is 30.3 Å². The topological polar surface area (TPSA) is 74.2 Å². The molecule has 1 fully saturated rings. The zero-order valence-corrected chi connectivity index (χ0v) is 11.5. The number of ether oxygens (including phenoxy) is 1. The number of nitrogens with two attached hydrogens (primary N) is 1. The van der Waals surface area contributed by atoms with Gasteiger partial charge in [-0.05, 0) is 30.7 Å². The molecule has 0 bridgehead atoms. The molecule has 2 atom stereocenters. The van der Waals surface area contributed by atoms with Gasteiger partial charge in [0.2, 0.25) is 11.7 Å². The average molecular weight is 273 g/mol. The van der Waals surface area contributed by atoms with E-state index in [4.69, 9.17) is 15.0 Å². The molecule has 1 unspecified atom stereocenters. The van der Waals surface area contributed by atoms with Crippen molar-refractivity contribution in [2.45, 2.75) is 31.4 Å². The Labute approximate surface area is 118 Å². The minimum absolute atomic E-state index is 0.0589. The van der Waals surface area contributed by atoms with Gasteiger partial charge >= 0.3 is 0 Å². The summed E-state index contributed by atoms with van der Waals surface area (Å²) in [5.74, 6) is 1.62. The first-order valence-corrected chi connectivity index (χ1v) is 6.93. The second-order valence-corrected chi connectivity index (χ2v) is 5.28. The predicted molar refractivity (Wildman–Crippen MR) is 73.8 cm³/mol. The summed E-state index contributed by atoms with van der Waals surface area (Å²) in [7, 11) is 1.68. The maximum absolute atomic E-state index is 6.14. The monoisotopic (exact) mass is 273 g/mol. The second kappa shape index (κ2) is 5.73. The highest BCUT2D eigenvalue weighted by Crippen LogP contribution is 2.42. The van der Waals surface area contributed by atoms with Crippen LogP contribution in [0.25, 0.3) is 0 Å². The third-order valence-electron chi connectivity index (χ3n) is 3.63. The Balaban J connectivity index is 1.69. The van der Waals surface area contributed by atoms with Gasteiger partial charge in [-0.2, -0.15) is 4.98 Å². The first kappa shape index (κ1) is 13.3. The number of nitrogens with zero attached hydrogens (tertiary/aromatic N) is 2. The molecule has 1 aliphatic rings. The minimum atomic E-state index is -0.282. The highest BCUT2D eigenvalue weighted by atomic mass is 16.5. The molecule has 0 saturated heterocycles. The van der Waals surface area contributed by atoms with E-state index in [0.717, 1.165) is 5.56 Å².